The van der Waals surface area contributed by atoms with Crippen LogP contribution < -0.4 is 0 Å². The Kier molecular flexibility index (Phi) is 2.83. The first-order valence-corrected chi connectivity index (χ1v) is 4.20. The maximum Gasteiger partial charge on any atom is 0.255 e. The Bertz CT molecular complexity index is 258. The van der Waals surface area contributed by atoms with Crippen LogP contribution in [0.5, 0.6) is 0 Å². The Balaban J connectivity index is 2.69. The van der Waals surface area contributed by atoms with Crippen LogP contribution in [0.1, 0.15) is 20.8 Å². The van der Waals surface area contributed by atoms with Gasteiger partial charge in [0, 0.05) is 13.0 Å². The van der Waals surface area contributed by atoms with E-state index in [1.807, 2.05) is 13.8 Å². The Hall–Kier alpha value is -1.16. The summed E-state index contributed by atoms with van der Waals surface area (Å²) in [5, 5.41) is 0. The minimum absolute atomic E-state index is 0.0117. The fourth-order valence-corrected chi connectivity index (χ4v) is 1.18. The third kappa shape index (κ3) is 2.15. The standard InChI is InChI=1S/C9H13NO3/c1-6(2)13-9-5-4-8(12)10(9)7(3)11/h4-6,9H,1-3H3. The molecule has 4 nitrogen and oxygen atoms in total. The summed E-state index contributed by atoms with van der Waals surface area (Å²) >= 11 is 0. The second-order valence-corrected chi connectivity index (χ2v) is 3.16. The van der Waals surface area contributed by atoms with Gasteiger partial charge in [0.25, 0.3) is 5.91 Å². The molecular weight excluding hydrogens is 170 g/mol. The fourth-order valence-electron chi connectivity index (χ4n) is 1.18. The van der Waals surface area contributed by atoms with Gasteiger partial charge in [0.2, 0.25) is 5.91 Å². The van der Waals surface area contributed by atoms with Gasteiger partial charge in [0.1, 0.15) is 0 Å². The first-order chi connectivity index (χ1) is 6.02. The lowest BCUT2D eigenvalue weighted by atomic mass is 10.4. The highest BCUT2D eigenvalue weighted by Crippen LogP contribution is 2.14. The zero-order chi connectivity index (χ0) is 10.0. The molecule has 0 bridgehead atoms. The molecule has 4 heteroatoms. The predicted molar refractivity (Wildman–Crippen MR) is 46.7 cm³/mol. The van der Waals surface area contributed by atoms with E-state index in [4.69, 9.17) is 4.74 Å². The molecule has 0 radical (unpaired) electrons. The minimum Gasteiger partial charge on any atom is -0.351 e. The summed E-state index contributed by atoms with van der Waals surface area (Å²) in [6, 6.07) is 0. The number of ether oxygens (including phenoxy) is 1. The molecule has 0 spiro atoms. The van der Waals surface area contributed by atoms with Gasteiger partial charge in [-0.2, -0.15) is 0 Å². The van der Waals surface area contributed by atoms with E-state index in [0.717, 1.165) is 4.90 Å². The van der Waals surface area contributed by atoms with Crippen LogP contribution in [-0.2, 0) is 14.3 Å². The van der Waals surface area contributed by atoms with E-state index in [1.54, 1.807) is 6.08 Å². The van der Waals surface area contributed by atoms with Crippen LogP contribution in [0, 0.1) is 0 Å². The molecule has 1 heterocycles. The highest BCUT2D eigenvalue weighted by molar-refractivity contribution is 6.02. The summed E-state index contributed by atoms with van der Waals surface area (Å²) in [6.07, 6.45) is 2.41. The number of amides is 2. The van der Waals surface area contributed by atoms with E-state index < -0.39 is 6.23 Å². The van der Waals surface area contributed by atoms with Crippen molar-refractivity contribution >= 4 is 11.8 Å². The molecule has 0 saturated carbocycles. The second kappa shape index (κ2) is 3.70. The lowest BCUT2D eigenvalue weighted by Gasteiger charge is -2.23. The molecule has 0 N–H and O–H groups in total. The summed E-state index contributed by atoms with van der Waals surface area (Å²) in [4.78, 5) is 23.3. The Labute approximate surface area is 77.2 Å². The average molecular weight is 183 g/mol. The quantitative estimate of drug-likeness (QED) is 0.632. The van der Waals surface area contributed by atoms with Crippen molar-refractivity contribution in [2.45, 2.75) is 33.1 Å². The van der Waals surface area contributed by atoms with Gasteiger partial charge in [-0.15, -0.1) is 0 Å². The molecule has 2 amide bonds. The van der Waals surface area contributed by atoms with E-state index in [1.165, 1.54) is 13.0 Å². The van der Waals surface area contributed by atoms with Crippen molar-refractivity contribution in [3.05, 3.63) is 12.2 Å². The molecular formula is C9H13NO3. The number of imide groups is 1. The van der Waals surface area contributed by atoms with Crippen LogP contribution in [0.4, 0.5) is 0 Å². The monoisotopic (exact) mass is 183 g/mol. The number of carbonyl (C=O) groups excluding carboxylic acids is 2. The number of carbonyl (C=O) groups is 2. The molecule has 1 aliphatic rings. The van der Waals surface area contributed by atoms with Crippen LogP contribution >= 0.6 is 0 Å². The highest BCUT2D eigenvalue weighted by atomic mass is 16.5. The molecule has 0 aliphatic carbocycles. The number of nitrogens with zero attached hydrogens (tertiary/aromatic N) is 1. The molecule has 1 atom stereocenters. The summed E-state index contributed by atoms with van der Waals surface area (Å²) in [5.74, 6) is -0.598. The van der Waals surface area contributed by atoms with Crippen molar-refractivity contribution in [2.75, 3.05) is 0 Å². The summed E-state index contributed by atoms with van der Waals surface area (Å²) in [7, 11) is 0. The van der Waals surface area contributed by atoms with Gasteiger partial charge in [0.15, 0.2) is 6.23 Å². The van der Waals surface area contributed by atoms with Crippen molar-refractivity contribution in [3.63, 3.8) is 0 Å². The number of hydrogen-bond donors (Lipinski definition) is 0. The summed E-state index contributed by atoms with van der Waals surface area (Å²) in [5.41, 5.74) is 0. The summed E-state index contributed by atoms with van der Waals surface area (Å²) < 4.78 is 5.35. The van der Waals surface area contributed by atoms with Crippen molar-refractivity contribution in [1.82, 2.24) is 4.90 Å². The van der Waals surface area contributed by atoms with Gasteiger partial charge in [-0.3, -0.25) is 9.59 Å². The Morgan fingerprint density at radius 3 is 2.69 bits per heavy atom. The minimum atomic E-state index is -0.523. The van der Waals surface area contributed by atoms with Gasteiger partial charge in [-0.05, 0) is 19.9 Å². The largest absolute Gasteiger partial charge is 0.351 e. The maximum atomic E-state index is 11.1. The third-order valence-electron chi connectivity index (χ3n) is 1.65. The first-order valence-electron chi connectivity index (χ1n) is 4.20. The van der Waals surface area contributed by atoms with E-state index in [2.05, 4.69) is 0 Å². The van der Waals surface area contributed by atoms with E-state index >= 15 is 0 Å². The molecule has 13 heavy (non-hydrogen) atoms. The van der Waals surface area contributed by atoms with Gasteiger partial charge in [0.05, 0.1) is 6.10 Å². The predicted octanol–water partition coefficient (Wildman–Crippen LogP) is 0.682. The highest BCUT2D eigenvalue weighted by Gasteiger charge is 2.30. The Morgan fingerprint density at radius 1 is 1.62 bits per heavy atom. The summed E-state index contributed by atoms with van der Waals surface area (Å²) in [6.45, 7) is 5.06. The van der Waals surface area contributed by atoms with Crippen LogP contribution in [0.2, 0.25) is 0 Å². The van der Waals surface area contributed by atoms with Crippen molar-refractivity contribution < 1.29 is 14.3 Å². The van der Waals surface area contributed by atoms with Crippen LogP contribution in [0.3, 0.4) is 0 Å². The van der Waals surface area contributed by atoms with Crippen molar-refractivity contribution in [3.8, 4) is 0 Å². The lowest BCUT2D eigenvalue weighted by Crippen LogP contribution is -2.40. The van der Waals surface area contributed by atoms with Crippen molar-refractivity contribution in [2.24, 2.45) is 0 Å². The van der Waals surface area contributed by atoms with Crippen LogP contribution in [0.15, 0.2) is 12.2 Å². The number of rotatable bonds is 2. The van der Waals surface area contributed by atoms with E-state index in [9.17, 15) is 9.59 Å². The smallest absolute Gasteiger partial charge is 0.255 e. The van der Waals surface area contributed by atoms with Gasteiger partial charge < -0.3 is 4.74 Å². The number of hydrogen-bond acceptors (Lipinski definition) is 3. The molecule has 0 aromatic heterocycles. The van der Waals surface area contributed by atoms with Gasteiger partial charge >= 0.3 is 0 Å². The van der Waals surface area contributed by atoms with Crippen molar-refractivity contribution in [1.29, 1.82) is 0 Å². The van der Waals surface area contributed by atoms with Gasteiger partial charge in [-0.1, -0.05) is 0 Å². The lowest BCUT2D eigenvalue weighted by molar-refractivity contribution is -0.152. The molecule has 0 saturated heterocycles. The zero-order valence-electron chi connectivity index (χ0n) is 7.98. The van der Waals surface area contributed by atoms with Crippen LogP contribution in [-0.4, -0.2) is 29.0 Å². The molecule has 0 aromatic carbocycles. The molecule has 72 valence electrons. The zero-order valence-corrected chi connectivity index (χ0v) is 7.98. The molecule has 0 fully saturated rings. The SMILES string of the molecule is CC(=O)N1C(=O)C=CC1OC(C)C. The molecule has 1 aliphatic heterocycles. The average Bonchev–Trinajstić information content (AvgIpc) is 2.30. The maximum absolute atomic E-state index is 11.1. The fraction of sp³-hybridized carbons (Fsp3) is 0.556. The van der Waals surface area contributed by atoms with Gasteiger partial charge in [-0.25, -0.2) is 4.90 Å². The topological polar surface area (TPSA) is 46.6 Å². The molecule has 1 unspecified atom stereocenters. The van der Waals surface area contributed by atoms with Crippen LogP contribution in [0.25, 0.3) is 0 Å². The normalized spacial score (nSPS) is 21.7. The molecule has 0 aromatic rings. The Morgan fingerprint density at radius 2 is 2.23 bits per heavy atom. The first kappa shape index (κ1) is 9.92. The van der Waals surface area contributed by atoms with E-state index in [0.29, 0.717) is 0 Å². The molecule has 1 rings (SSSR count). The second-order valence-electron chi connectivity index (χ2n) is 3.16. The van der Waals surface area contributed by atoms with E-state index in [-0.39, 0.29) is 17.9 Å². The third-order valence-corrected chi connectivity index (χ3v) is 1.65.